The van der Waals surface area contributed by atoms with Gasteiger partial charge in [0.15, 0.2) is 0 Å². The number of carbonyl (C=O) groups is 1. The van der Waals surface area contributed by atoms with Crippen LogP contribution in [0, 0.1) is 0 Å². The van der Waals surface area contributed by atoms with Crippen LogP contribution in [-0.2, 0) is 10.8 Å². The van der Waals surface area contributed by atoms with Crippen molar-refractivity contribution in [2.24, 2.45) is 5.73 Å². The first-order valence-electron chi connectivity index (χ1n) is 3.16. The number of primary amides is 1. The lowest BCUT2D eigenvalue weighted by atomic mass is 10.7. The van der Waals surface area contributed by atoms with Gasteiger partial charge in [-0.2, -0.15) is 0 Å². The molecule has 0 aromatic carbocycles. The Labute approximate surface area is 75.5 Å². The number of amides is 1. The van der Waals surface area contributed by atoms with Crippen LogP contribution in [0.5, 0.6) is 0 Å². The fourth-order valence-corrected chi connectivity index (χ4v) is 2.30. The molecular weight excluding hydrogens is 198 g/mol. The van der Waals surface area contributed by atoms with Crippen molar-refractivity contribution in [1.82, 2.24) is 10.2 Å². The summed E-state index contributed by atoms with van der Waals surface area (Å²) in [5, 5.41) is 7.16. The number of rotatable bonds is 3. The van der Waals surface area contributed by atoms with Gasteiger partial charge in [-0.25, -0.2) is 0 Å². The zero-order valence-corrected chi connectivity index (χ0v) is 7.94. The van der Waals surface area contributed by atoms with Crippen LogP contribution in [0.4, 0.5) is 0 Å². The highest BCUT2D eigenvalue weighted by atomic mass is 32.2. The van der Waals surface area contributed by atoms with Gasteiger partial charge in [0.1, 0.15) is 0 Å². The Hall–Kier alpha value is -0.820. The molecule has 1 unspecified atom stereocenters. The lowest BCUT2D eigenvalue weighted by molar-refractivity contribution is 0.0999. The molecule has 0 fully saturated rings. The van der Waals surface area contributed by atoms with Crippen molar-refractivity contribution in [3.63, 3.8) is 0 Å². The number of carbonyl (C=O) groups excluding carboxylic acids is 1. The third-order valence-corrected chi connectivity index (χ3v) is 3.61. The van der Waals surface area contributed by atoms with E-state index in [-0.39, 0.29) is 5.01 Å². The minimum atomic E-state index is -1.15. The molecule has 66 valence electrons. The first-order chi connectivity index (χ1) is 5.65. The van der Waals surface area contributed by atoms with E-state index in [0.29, 0.717) is 10.1 Å². The van der Waals surface area contributed by atoms with Crippen molar-refractivity contribution in [2.75, 3.05) is 5.75 Å². The molecule has 0 saturated heterocycles. The first kappa shape index (κ1) is 9.27. The molecule has 1 atom stereocenters. The SMILES string of the molecule is CCS(=O)c1nnc(C(N)=O)s1. The standard InChI is InChI=1S/C5H7N3O2S2/c1-2-12(10)5-8-7-4(11-5)3(6)9/h2H2,1H3,(H2,6,9). The van der Waals surface area contributed by atoms with Gasteiger partial charge in [-0.1, -0.05) is 18.3 Å². The summed E-state index contributed by atoms with van der Waals surface area (Å²) in [5.41, 5.74) is 4.94. The predicted molar refractivity (Wildman–Crippen MR) is 45.4 cm³/mol. The largest absolute Gasteiger partial charge is 0.363 e. The molecule has 1 aromatic heterocycles. The second kappa shape index (κ2) is 3.72. The minimum Gasteiger partial charge on any atom is -0.363 e. The van der Waals surface area contributed by atoms with Crippen LogP contribution in [0.25, 0.3) is 0 Å². The van der Waals surface area contributed by atoms with E-state index >= 15 is 0 Å². The Balaban J connectivity index is 2.91. The molecule has 0 saturated carbocycles. The Morgan fingerprint density at radius 3 is 2.75 bits per heavy atom. The van der Waals surface area contributed by atoms with Crippen LogP contribution in [-0.4, -0.2) is 26.1 Å². The fraction of sp³-hybridized carbons (Fsp3) is 0.400. The number of aromatic nitrogens is 2. The van der Waals surface area contributed by atoms with E-state index in [4.69, 9.17) is 5.73 Å². The average molecular weight is 205 g/mol. The number of nitrogens with two attached hydrogens (primary N) is 1. The second-order valence-electron chi connectivity index (χ2n) is 1.87. The fourth-order valence-electron chi connectivity index (χ4n) is 0.525. The number of hydrogen-bond donors (Lipinski definition) is 1. The van der Waals surface area contributed by atoms with E-state index < -0.39 is 16.7 Å². The Kier molecular flexibility index (Phi) is 2.88. The van der Waals surface area contributed by atoms with E-state index in [1.165, 1.54) is 0 Å². The second-order valence-corrected chi connectivity index (χ2v) is 4.76. The van der Waals surface area contributed by atoms with Crippen LogP contribution in [0.2, 0.25) is 0 Å². The van der Waals surface area contributed by atoms with Crippen molar-refractivity contribution in [3.8, 4) is 0 Å². The Bertz CT molecular complexity index is 322. The molecule has 1 rings (SSSR count). The predicted octanol–water partition coefficient (Wildman–Crippen LogP) is -0.235. The molecule has 2 N–H and O–H groups in total. The normalized spacial score (nSPS) is 12.8. The lowest BCUT2D eigenvalue weighted by Gasteiger charge is -1.86. The van der Waals surface area contributed by atoms with Crippen molar-refractivity contribution >= 4 is 28.0 Å². The Morgan fingerprint density at radius 1 is 1.67 bits per heavy atom. The zero-order valence-electron chi connectivity index (χ0n) is 6.31. The molecule has 0 spiro atoms. The molecule has 0 radical (unpaired) electrons. The van der Waals surface area contributed by atoms with Crippen LogP contribution in [0.3, 0.4) is 0 Å². The molecule has 7 heteroatoms. The van der Waals surface area contributed by atoms with Crippen molar-refractivity contribution in [1.29, 1.82) is 0 Å². The third-order valence-electron chi connectivity index (χ3n) is 1.07. The highest BCUT2D eigenvalue weighted by molar-refractivity contribution is 7.87. The van der Waals surface area contributed by atoms with Gasteiger partial charge in [0.2, 0.25) is 9.35 Å². The van der Waals surface area contributed by atoms with Gasteiger partial charge in [0.05, 0.1) is 10.8 Å². The molecule has 0 aliphatic carbocycles. The van der Waals surface area contributed by atoms with Gasteiger partial charge in [-0.15, -0.1) is 10.2 Å². The molecule has 0 aliphatic rings. The summed E-state index contributed by atoms with van der Waals surface area (Å²) in [7, 11) is -1.15. The quantitative estimate of drug-likeness (QED) is 0.738. The summed E-state index contributed by atoms with van der Waals surface area (Å²) in [6.07, 6.45) is 0. The Morgan fingerprint density at radius 2 is 2.33 bits per heavy atom. The van der Waals surface area contributed by atoms with Gasteiger partial charge in [-0.3, -0.25) is 9.00 Å². The molecule has 0 bridgehead atoms. The summed E-state index contributed by atoms with van der Waals surface area (Å²) in [6.45, 7) is 1.77. The van der Waals surface area contributed by atoms with E-state index in [9.17, 15) is 9.00 Å². The van der Waals surface area contributed by atoms with Crippen molar-refractivity contribution in [3.05, 3.63) is 5.01 Å². The van der Waals surface area contributed by atoms with Crippen LogP contribution in [0.1, 0.15) is 16.7 Å². The van der Waals surface area contributed by atoms with E-state index in [2.05, 4.69) is 10.2 Å². The molecule has 1 aromatic rings. The maximum Gasteiger partial charge on any atom is 0.279 e. The highest BCUT2D eigenvalue weighted by Crippen LogP contribution is 2.12. The molecule has 0 aliphatic heterocycles. The average Bonchev–Trinajstić information content (AvgIpc) is 2.51. The van der Waals surface area contributed by atoms with E-state index in [1.807, 2.05) is 0 Å². The van der Waals surface area contributed by atoms with Crippen molar-refractivity contribution in [2.45, 2.75) is 11.3 Å². The number of nitrogens with zero attached hydrogens (tertiary/aromatic N) is 2. The summed E-state index contributed by atoms with van der Waals surface area (Å²) >= 11 is 0.977. The van der Waals surface area contributed by atoms with E-state index in [1.54, 1.807) is 6.92 Å². The van der Waals surface area contributed by atoms with Gasteiger partial charge in [0.25, 0.3) is 5.91 Å². The maximum atomic E-state index is 11.1. The van der Waals surface area contributed by atoms with Gasteiger partial charge in [0, 0.05) is 5.75 Å². The highest BCUT2D eigenvalue weighted by Gasteiger charge is 2.12. The maximum absolute atomic E-state index is 11.1. The number of hydrogen-bond acceptors (Lipinski definition) is 5. The van der Waals surface area contributed by atoms with Gasteiger partial charge < -0.3 is 5.73 Å². The lowest BCUT2D eigenvalue weighted by Crippen LogP contribution is -2.10. The first-order valence-corrected chi connectivity index (χ1v) is 5.30. The molecule has 12 heavy (non-hydrogen) atoms. The summed E-state index contributed by atoms with van der Waals surface area (Å²) in [4.78, 5) is 10.6. The zero-order chi connectivity index (χ0) is 9.14. The minimum absolute atomic E-state index is 0.104. The molecule has 5 nitrogen and oxygen atoms in total. The van der Waals surface area contributed by atoms with Crippen LogP contribution < -0.4 is 5.73 Å². The van der Waals surface area contributed by atoms with Crippen LogP contribution >= 0.6 is 11.3 Å². The van der Waals surface area contributed by atoms with Crippen LogP contribution in [0.15, 0.2) is 4.34 Å². The van der Waals surface area contributed by atoms with Gasteiger partial charge in [-0.05, 0) is 0 Å². The molecule has 1 amide bonds. The topological polar surface area (TPSA) is 85.9 Å². The third kappa shape index (κ3) is 1.86. The molecular formula is C5H7N3O2S2. The molecule has 1 heterocycles. The summed E-state index contributed by atoms with van der Waals surface area (Å²) < 4.78 is 11.5. The summed E-state index contributed by atoms with van der Waals surface area (Å²) in [6, 6.07) is 0. The summed E-state index contributed by atoms with van der Waals surface area (Å²) in [5.74, 6) is -0.167. The van der Waals surface area contributed by atoms with Gasteiger partial charge >= 0.3 is 0 Å². The van der Waals surface area contributed by atoms with Crippen molar-refractivity contribution < 1.29 is 9.00 Å². The monoisotopic (exact) mass is 205 g/mol. The smallest absolute Gasteiger partial charge is 0.279 e. The van der Waals surface area contributed by atoms with E-state index in [0.717, 1.165) is 11.3 Å².